The Kier molecular flexibility index (Phi) is 6.61. The zero-order valence-corrected chi connectivity index (χ0v) is 18.1. The molecule has 1 aromatic heterocycles. The third-order valence-electron chi connectivity index (χ3n) is 4.18. The van der Waals surface area contributed by atoms with E-state index in [4.69, 9.17) is 25.8 Å². The number of carbonyl (C=O) groups excluding carboxylic acids is 1. The van der Waals surface area contributed by atoms with Gasteiger partial charge in [0.2, 0.25) is 0 Å². The van der Waals surface area contributed by atoms with Crippen molar-refractivity contribution >= 4 is 34.0 Å². The fourth-order valence-corrected chi connectivity index (χ4v) is 3.50. The molecule has 2 aromatic carbocycles. The van der Waals surface area contributed by atoms with Crippen LogP contribution in [0.4, 0.5) is 5.13 Å². The number of carbonyl (C=O) groups is 1. The summed E-state index contributed by atoms with van der Waals surface area (Å²) in [5.41, 5.74) is 2.45. The maximum absolute atomic E-state index is 12.5. The van der Waals surface area contributed by atoms with Gasteiger partial charge >= 0.3 is 0 Å². The van der Waals surface area contributed by atoms with Gasteiger partial charge in [0.15, 0.2) is 11.2 Å². The van der Waals surface area contributed by atoms with E-state index in [9.17, 15) is 4.79 Å². The number of aromatic nitrogens is 1. The van der Waals surface area contributed by atoms with Crippen LogP contribution in [0.2, 0.25) is 5.02 Å². The molecule has 152 valence electrons. The number of aryl methyl sites for hydroxylation is 1. The van der Waals surface area contributed by atoms with Gasteiger partial charge in [-0.05, 0) is 49.7 Å². The molecule has 6 nitrogen and oxygen atoms in total. The molecule has 1 atom stereocenters. The maximum Gasteiger partial charge on any atom is 0.266 e. The lowest BCUT2D eigenvalue weighted by molar-refractivity contribution is -0.122. The topological polar surface area (TPSA) is 69.7 Å². The smallest absolute Gasteiger partial charge is 0.266 e. The van der Waals surface area contributed by atoms with E-state index in [0.717, 1.165) is 11.1 Å². The second-order valence-electron chi connectivity index (χ2n) is 6.29. The first-order valence-electron chi connectivity index (χ1n) is 8.83. The molecule has 3 rings (SSSR count). The number of thiazole rings is 1. The minimum absolute atomic E-state index is 0.318. The van der Waals surface area contributed by atoms with Gasteiger partial charge in [-0.1, -0.05) is 17.7 Å². The molecule has 29 heavy (non-hydrogen) atoms. The van der Waals surface area contributed by atoms with Crippen LogP contribution in [0, 0.1) is 6.92 Å². The molecule has 0 spiro atoms. The minimum atomic E-state index is -0.743. The number of hydrogen-bond acceptors (Lipinski definition) is 6. The van der Waals surface area contributed by atoms with E-state index >= 15 is 0 Å². The Labute approximate surface area is 178 Å². The molecule has 8 heteroatoms. The van der Waals surface area contributed by atoms with Gasteiger partial charge in [0.05, 0.1) is 24.9 Å². The Morgan fingerprint density at radius 1 is 1.14 bits per heavy atom. The summed E-state index contributed by atoms with van der Waals surface area (Å²) >= 11 is 7.45. The molecule has 1 N–H and O–H groups in total. The summed E-state index contributed by atoms with van der Waals surface area (Å²) in [6.45, 7) is 3.59. The van der Waals surface area contributed by atoms with Crippen LogP contribution in [0.5, 0.6) is 17.2 Å². The normalized spacial score (nSPS) is 11.6. The number of ether oxygens (including phenoxy) is 3. The van der Waals surface area contributed by atoms with Gasteiger partial charge in [-0.2, -0.15) is 0 Å². The summed E-state index contributed by atoms with van der Waals surface area (Å²) in [7, 11) is 3.19. The number of anilines is 1. The Bertz CT molecular complexity index is 1020. The van der Waals surface area contributed by atoms with Crippen molar-refractivity contribution in [2.45, 2.75) is 20.0 Å². The molecule has 0 bridgehead atoms. The zero-order valence-electron chi connectivity index (χ0n) is 16.5. The largest absolute Gasteiger partial charge is 0.497 e. The molecule has 0 saturated heterocycles. The number of rotatable bonds is 7. The summed E-state index contributed by atoms with van der Waals surface area (Å²) < 4.78 is 16.4. The number of benzene rings is 2. The fraction of sp³-hybridized carbons (Fsp3) is 0.238. The van der Waals surface area contributed by atoms with Gasteiger partial charge in [0, 0.05) is 10.9 Å². The summed E-state index contributed by atoms with van der Waals surface area (Å²) in [6.07, 6.45) is -0.743. The van der Waals surface area contributed by atoms with E-state index in [1.807, 2.05) is 36.6 Å². The van der Waals surface area contributed by atoms with Gasteiger partial charge in [0.1, 0.15) is 17.2 Å². The van der Waals surface area contributed by atoms with Gasteiger partial charge in [-0.25, -0.2) is 4.98 Å². The summed E-state index contributed by atoms with van der Waals surface area (Å²) in [6, 6.07) is 10.9. The highest BCUT2D eigenvalue weighted by molar-refractivity contribution is 7.14. The van der Waals surface area contributed by atoms with Crippen LogP contribution in [-0.2, 0) is 4.79 Å². The SMILES string of the molecule is COc1ccc(OC)c(-c2csc(NC(=O)C(C)Oc3cc(C)ccc3Cl)n2)c1. The number of nitrogens with zero attached hydrogens (tertiary/aromatic N) is 1. The average molecular weight is 433 g/mol. The Morgan fingerprint density at radius 2 is 1.93 bits per heavy atom. The highest BCUT2D eigenvalue weighted by Crippen LogP contribution is 2.35. The Balaban J connectivity index is 1.73. The second kappa shape index (κ2) is 9.15. The first kappa shape index (κ1) is 21.0. The third kappa shape index (κ3) is 4.99. The van der Waals surface area contributed by atoms with Crippen LogP contribution in [0.25, 0.3) is 11.3 Å². The molecule has 0 radical (unpaired) electrons. The van der Waals surface area contributed by atoms with Crippen molar-refractivity contribution in [3.8, 4) is 28.5 Å². The number of methoxy groups -OCH3 is 2. The molecule has 1 amide bonds. The first-order valence-corrected chi connectivity index (χ1v) is 10.1. The lowest BCUT2D eigenvalue weighted by Gasteiger charge is -2.15. The molecule has 1 unspecified atom stereocenters. The number of amides is 1. The van der Waals surface area contributed by atoms with Crippen molar-refractivity contribution in [2.24, 2.45) is 0 Å². The van der Waals surface area contributed by atoms with Crippen LogP contribution in [0.1, 0.15) is 12.5 Å². The fourth-order valence-electron chi connectivity index (χ4n) is 2.62. The molecular formula is C21H21ClN2O4S. The van der Waals surface area contributed by atoms with E-state index < -0.39 is 6.10 Å². The van der Waals surface area contributed by atoms with Crippen molar-refractivity contribution in [3.05, 3.63) is 52.4 Å². The average Bonchev–Trinajstić information content (AvgIpc) is 3.18. The number of nitrogens with one attached hydrogen (secondary N) is 1. The number of hydrogen-bond donors (Lipinski definition) is 1. The molecule has 0 aliphatic rings. The lowest BCUT2D eigenvalue weighted by Crippen LogP contribution is -2.30. The molecule has 0 aliphatic carbocycles. The van der Waals surface area contributed by atoms with Crippen molar-refractivity contribution in [2.75, 3.05) is 19.5 Å². The van der Waals surface area contributed by atoms with E-state index in [-0.39, 0.29) is 5.91 Å². The highest BCUT2D eigenvalue weighted by Gasteiger charge is 2.19. The summed E-state index contributed by atoms with van der Waals surface area (Å²) in [4.78, 5) is 17.0. The second-order valence-corrected chi connectivity index (χ2v) is 7.55. The summed E-state index contributed by atoms with van der Waals surface area (Å²) in [5.74, 6) is 1.51. The minimum Gasteiger partial charge on any atom is -0.497 e. The van der Waals surface area contributed by atoms with E-state index in [1.165, 1.54) is 11.3 Å². The summed E-state index contributed by atoms with van der Waals surface area (Å²) in [5, 5.41) is 5.54. The van der Waals surface area contributed by atoms with Crippen LogP contribution in [0.15, 0.2) is 41.8 Å². The molecule has 0 aliphatic heterocycles. The van der Waals surface area contributed by atoms with Crippen LogP contribution >= 0.6 is 22.9 Å². The van der Waals surface area contributed by atoms with E-state index in [0.29, 0.717) is 33.1 Å². The molecule has 3 aromatic rings. The lowest BCUT2D eigenvalue weighted by atomic mass is 10.1. The van der Waals surface area contributed by atoms with Crippen molar-refractivity contribution in [1.82, 2.24) is 4.98 Å². The number of halogens is 1. The molecule has 1 heterocycles. The van der Waals surface area contributed by atoms with Crippen LogP contribution < -0.4 is 19.5 Å². The van der Waals surface area contributed by atoms with Crippen molar-refractivity contribution in [1.29, 1.82) is 0 Å². The highest BCUT2D eigenvalue weighted by atomic mass is 35.5. The first-order chi connectivity index (χ1) is 13.9. The molecular weight excluding hydrogens is 412 g/mol. The Morgan fingerprint density at radius 3 is 2.66 bits per heavy atom. The van der Waals surface area contributed by atoms with E-state index in [2.05, 4.69) is 10.3 Å². The predicted octanol–water partition coefficient (Wildman–Crippen LogP) is 5.20. The van der Waals surface area contributed by atoms with Crippen molar-refractivity contribution < 1.29 is 19.0 Å². The molecule has 0 saturated carbocycles. The monoisotopic (exact) mass is 432 g/mol. The van der Waals surface area contributed by atoms with Gasteiger partial charge in [-0.15, -0.1) is 11.3 Å². The Hall–Kier alpha value is -2.77. The van der Waals surface area contributed by atoms with Gasteiger partial charge in [0.25, 0.3) is 5.91 Å². The third-order valence-corrected chi connectivity index (χ3v) is 5.25. The van der Waals surface area contributed by atoms with Gasteiger partial charge in [-0.3, -0.25) is 10.1 Å². The predicted molar refractivity (Wildman–Crippen MR) is 116 cm³/mol. The van der Waals surface area contributed by atoms with E-state index in [1.54, 1.807) is 33.3 Å². The van der Waals surface area contributed by atoms with Crippen LogP contribution in [-0.4, -0.2) is 31.2 Å². The van der Waals surface area contributed by atoms with Crippen LogP contribution in [0.3, 0.4) is 0 Å². The van der Waals surface area contributed by atoms with Crippen molar-refractivity contribution in [3.63, 3.8) is 0 Å². The van der Waals surface area contributed by atoms with Gasteiger partial charge < -0.3 is 14.2 Å². The standard InChI is InChI=1S/C21H21ClN2O4S/c1-12-5-7-16(22)19(9-12)28-13(2)20(25)24-21-23-17(11-29-21)15-10-14(26-3)6-8-18(15)27-4/h5-11,13H,1-4H3,(H,23,24,25). The zero-order chi connectivity index (χ0) is 21.0. The maximum atomic E-state index is 12.5. The quantitative estimate of drug-likeness (QED) is 0.556. The molecule has 0 fully saturated rings.